The van der Waals surface area contributed by atoms with Gasteiger partial charge in [-0.2, -0.15) is 4.98 Å². The molecule has 27 heavy (non-hydrogen) atoms. The van der Waals surface area contributed by atoms with Crippen LogP contribution in [0.25, 0.3) is 22.5 Å². The summed E-state index contributed by atoms with van der Waals surface area (Å²) >= 11 is 0. The number of rotatable bonds is 4. The van der Waals surface area contributed by atoms with Crippen molar-refractivity contribution in [2.24, 2.45) is 5.92 Å². The van der Waals surface area contributed by atoms with Crippen molar-refractivity contribution >= 4 is 22.6 Å². The first-order valence-corrected chi connectivity index (χ1v) is 9.36. The van der Waals surface area contributed by atoms with E-state index < -0.39 is 0 Å². The van der Waals surface area contributed by atoms with Gasteiger partial charge in [0.15, 0.2) is 5.82 Å². The third kappa shape index (κ3) is 3.39. The molecule has 3 aromatic heterocycles. The van der Waals surface area contributed by atoms with Crippen LogP contribution in [0.4, 0.5) is 5.69 Å². The molecule has 8 nitrogen and oxygen atoms in total. The average molecular weight is 368 g/mol. The van der Waals surface area contributed by atoms with Crippen LogP contribution in [0.2, 0.25) is 0 Å². The monoisotopic (exact) mass is 368 g/mol. The van der Waals surface area contributed by atoms with Gasteiger partial charge in [0.25, 0.3) is 5.89 Å². The summed E-state index contributed by atoms with van der Waals surface area (Å²) in [5.41, 5.74) is 2.48. The lowest BCUT2D eigenvalue weighted by molar-refractivity contribution is -0.132. The fraction of sp³-hybridized carbons (Fsp3) is 0.474. The highest BCUT2D eigenvalue weighted by Gasteiger charge is 2.28. The summed E-state index contributed by atoms with van der Waals surface area (Å²) in [6.45, 7) is 7.39. The molecule has 0 radical (unpaired) electrons. The lowest BCUT2D eigenvalue weighted by Gasteiger charge is -2.37. The summed E-state index contributed by atoms with van der Waals surface area (Å²) in [5, 5.41) is 8.52. The number of pyridine rings is 1. The van der Waals surface area contributed by atoms with E-state index in [2.05, 4.69) is 32.3 Å². The molecule has 1 aliphatic heterocycles. The van der Waals surface area contributed by atoms with Gasteiger partial charge >= 0.3 is 0 Å². The van der Waals surface area contributed by atoms with Crippen LogP contribution in [0.3, 0.4) is 0 Å². The molecular formula is C19H24N6O2. The van der Waals surface area contributed by atoms with Crippen LogP contribution in [0.1, 0.15) is 32.5 Å². The highest BCUT2D eigenvalue weighted by molar-refractivity contribution is 5.97. The Kier molecular flexibility index (Phi) is 4.55. The number of aromatic amines is 1. The standard InChI is InChI=1S/C19H24N6O2/c1-4-16(26)25-9-11(2)7-13(10-25)23-17-14-5-6-20-18(14)21-8-15(17)19-22-12(3)24-27-19/h5-6,8,11,13H,4,7,9-10H2,1-3H3,(H2,20,21,23)/t11-,13+/m0/s1. The summed E-state index contributed by atoms with van der Waals surface area (Å²) in [6.07, 6.45) is 5.13. The zero-order valence-corrected chi connectivity index (χ0v) is 15.8. The summed E-state index contributed by atoms with van der Waals surface area (Å²) in [4.78, 5) is 26.2. The van der Waals surface area contributed by atoms with Gasteiger partial charge in [0.05, 0.1) is 11.3 Å². The van der Waals surface area contributed by atoms with E-state index in [0.29, 0.717) is 30.6 Å². The minimum atomic E-state index is 0.146. The van der Waals surface area contributed by atoms with E-state index in [0.717, 1.165) is 35.2 Å². The lowest BCUT2D eigenvalue weighted by Crippen LogP contribution is -2.48. The number of H-pyrrole nitrogens is 1. The minimum Gasteiger partial charge on any atom is -0.379 e. The van der Waals surface area contributed by atoms with Crippen molar-refractivity contribution in [2.45, 2.75) is 39.7 Å². The Morgan fingerprint density at radius 2 is 2.30 bits per heavy atom. The number of carbonyl (C=O) groups is 1. The predicted molar refractivity (Wildman–Crippen MR) is 102 cm³/mol. The van der Waals surface area contributed by atoms with Crippen molar-refractivity contribution in [3.05, 3.63) is 24.3 Å². The number of aromatic nitrogens is 4. The summed E-state index contributed by atoms with van der Waals surface area (Å²) < 4.78 is 5.39. The summed E-state index contributed by atoms with van der Waals surface area (Å²) in [6, 6.07) is 2.13. The molecule has 1 saturated heterocycles. The highest BCUT2D eigenvalue weighted by atomic mass is 16.5. The second-order valence-corrected chi connectivity index (χ2v) is 7.27. The smallest absolute Gasteiger partial charge is 0.261 e. The Hall–Kier alpha value is -2.90. The third-order valence-corrected chi connectivity index (χ3v) is 5.01. The zero-order valence-electron chi connectivity index (χ0n) is 15.8. The zero-order chi connectivity index (χ0) is 19.0. The van der Waals surface area contributed by atoms with Crippen LogP contribution in [0, 0.1) is 12.8 Å². The van der Waals surface area contributed by atoms with Crippen molar-refractivity contribution < 1.29 is 9.32 Å². The molecule has 0 spiro atoms. The molecule has 0 unspecified atom stereocenters. The van der Waals surface area contributed by atoms with E-state index >= 15 is 0 Å². The topological polar surface area (TPSA) is 99.9 Å². The van der Waals surface area contributed by atoms with Gasteiger partial charge in [-0.1, -0.05) is 19.0 Å². The number of hydrogen-bond acceptors (Lipinski definition) is 6. The number of hydrogen-bond donors (Lipinski definition) is 2. The second-order valence-electron chi connectivity index (χ2n) is 7.27. The number of fused-ring (bicyclic) bond motifs is 1. The Balaban J connectivity index is 1.70. The van der Waals surface area contributed by atoms with Gasteiger partial charge < -0.3 is 19.7 Å². The van der Waals surface area contributed by atoms with Gasteiger partial charge in [-0.3, -0.25) is 4.79 Å². The fourth-order valence-corrected chi connectivity index (χ4v) is 3.82. The first-order chi connectivity index (χ1) is 13.0. The number of nitrogens with zero attached hydrogens (tertiary/aromatic N) is 4. The van der Waals surface area contributed by atoms with Crippen LogP contribution in [0.15, 0.2) is 23.0 Å². The Labute approximate surface area is 157 Å². The Morgan fingerprint density at radius 1 is 1.44 bits per heavy atom. The molecule has 2 atom stereocenters. The van der Waals surface area contributed by atoms with Gasteiger partial charge in [0, 0.05) is 43.3 Å². The highest BCUT2D eigenvalue weighted by Crippen LogP contribution is 2.34. The van der Waals surface area contributed by atoms with Gasteiger partial charge in [-0.15, -0.1) is 0 Å². The molecule has 2 N–H and O–H groups in total. The van der Waals surface area contributed by atoms with Gasteiger partial charge in [0.1, 0.15) is 5.65 Å². The molecule has 0 aromatic carbocycles. The van der Waals surface area contributed by atoms with Gasteiger partial charge in [0.2, 0.25) is 5.91 Å². The third-order valence-electron chi connectivity index (χ3n) is 5.01. The molecule has 1 aliphatic rings. The molecule has 4 heterocycles. The van der Waals surface area contributed by atoms with E-state index in [1.807, 2.05) is 24.1 Å². The van der Waals surface area contributed by atoms with Gasteiger partial charge in [-0.25, -0.2) is 4.98 Å². The predicted octanol–water partition coefficient (Wildman–Crippen LogP) is 2.98. The van der Waals surface area contributed by atoms with E-state index in [-0.39, 0.29) is 11.9 Å². The maximum absolute atomic E-state index is 12.2. The number of anilines is 1. The largest absolute Gasteiger partial charge is 0.379 e. The van der Waals surface area contributed by atoms with Gasteiger partial charge in [-0.05, 0) is 25.3 Å². The maximum atomic E-state index is 12.2. The van der Waals surface area contributed by atoms with Crippen molar-refractivity contribution in [3.63, 3.8) is 0 Å². The normalized spacial score (nSPS) is 20.2. The maximum Gasteiger partial charge on any atom is 0.261 e. The second kappa shape index (κ2) is 7.02. The lowest BCUT2D eigenvalue weighted by atomic mass is 9.95. The molecule has 142 valence electrons. The number of amides is 1. The summed E-state index contributed by atoms with van der Waals surface area (Å²) in [5.74, 6) is 1.65. The minimum absolute atomic E-state index is 0.146. The van der Waals surface area contributed by atoms with Crippen molar-refractivity contribution in [3.8, 4) is 11.5 Å². The molecule has 0 saturated carbocycles. The molecule has 3 aromatic rings. The van der Waals surface area contributed by atoms with Crippen LogP contribution in [-0.2, 0) is 4.79 Å². The van der Waals surface area contributed by atoms with E-state index in [4.69, 9.17) is 4.52 Å². The first kappa shape index (κ1) is 17.5. The number of piperidine rings is 1. The van der Waals surface area contributed by atoms with Crippen LogP contribution >= 0.6 is 0 Å². The van der Waals surface area contributed by atoms with E-state index in [9.17, 15) is 4.79 Å². The first-order valence-electron chi connectivity index (χ1n) is 9.36. The van der Waals surface area contributed by atoms with E-state index in [1.54, 1.807) is 13.1 Å². The van der Waals surface area contributed by atoms with E-state index in [1.165, 1.54) is 0 Å². The molecule has 0 bridgehead atoms. The number of aryl methyl sites for hydroxylation is 1. The Bertz CT molecular complexity index is 962. The number of carbonyl (C=O) groups excluding carboxylic acids is 1. The van der Waals surface area contributed by atoms with Crippen LogP contribution in [0.5, 0.6) is 0 Å². The fourth-order valence-electron chi connectivity index (χ4n) is 3.82. The van der Waals surface area contributed by atoms with Crippen molar-refractivity contribution in [1.29, 1.82) is 0 Å². The van der Waals surface area contributed by atoms with Crippen LogP contribution < -0.4 is 5.32 Å². The quantitative estimate of drug-likeness (QED) is 0.734. The molecular weight excluding hydrogens is 344 g/mol. The SMILES string of the molecule is CCC(=O)N1C[C@@H](C)C[C@@H](Nc2c(-c3nc(C)no3)cnc3[nH]ccc23)C1. The molecule has 0 aliphatic carbocycles. The number of likely N-dealkylation sites (tertiary alicyclic amines) is 1. The van der Waals surface area contributed by atoms with Crippen molar-refractivity contribution in [2.75, 3.05) is 18.4 Å². The van der Waals surface area contributed by atoms with Crippen LogP contribution in [-0.4, -0.2) is 50.0 Å². The number of nitrogens with one attached hydrogen (secondary N) is 2. The Morgan fingerprint density at radius 3 is 3.04 bits per heavy atom. The molecule has 1 fully saturated rings. The molecule has 1 amide bonds. The molecule has 8 heteroatoms. The average Bonchev–Trinajstić information content (AvgIpc) is 3.29. The molecule has 4 rings (SSSR count). The van der Waals surface area contributed by atoms with Crippen molar-refractivity contribution in [1.82, 2.24) is 25.0 Å². The summed E-state index contributed by atoms with van der Waals surface area (Å²) in [7, 11) is 0.